The maximum atomic E-state index is 13.9. The van der Waals surface area contributed by atoms with Crippen molar-refractivity contribution in [1.29, 1.82) is 0 Å². The molecule has 198 valence electrons. The first-order chi connectivity index (χ1) is 18.4. The normalized spacial score (nSPS) is 16.5. The number of hydrogen-bond donors (Lipinski definition) is 0. The fourth-order valence-corrected chi connectivity index (χ4v) is 5.59. The Hall–Kier alpha value is -4.05. The van der Waals surface area contributed by atoms with Crippen LogP contribution in [0.15, 0.2) is 57.5 Å². The molecule has 2 aliphatic rings. The van der Waals surface area contributed by atoms with Gasteiger partial charge in [-0.1, -0.05) is 23.5 Å². The molecule has 3 heterocycles. The van der Waals surface area contributed by atoms with E-state index < -0.39 is 12.0 Å². The summed E-state index contributed by atoms with van der Waals surface area (Å²) in [6.45, 7) is 6.97. The minimum absolute atomic E-state index is 0.198. The van der Waals surface area contributed by atoms with E-state index in [-0.39, 0.29) is 12.2 Å². The molecule has 38 heavy (non-hydrogen) atoms. The molecule has 1 atom stereocenters. The number of fused-ring (bicyclic) bond motifs is 2. The van der Waals surface area contributed by atoms with Gasteiger partial charge in [0.05, 0.1) is 42.2 Å². The highest BCUT2D eigenvalue weighted by Crippen LogP contribution is 2.36. The summed E-state index contributed by atoms with van der Waals surface area (Å²) in [5.41, 5.74) is 2.00. The van der Waals surface area contributed by atoms with Crippen molar-refractivity contribution in [2.75, 3.05) is 33.5 Å². The highest BCUT2D eigenvalue weighted by Gasteiger charge is 2.34. The summed E-state index contributed by atoms with van der Waals surface area (Å²) in [6.07, 6.45) is 1.79. The van der Waals surface area contributed by atoms with Crippen LogP contribution in [-0.2, 0) is 9.53 Å². The van der Waals surface area contributed by atoms with Gasteiger partial charge in [-0.2, -0.15) is 0 Å². The number of hydrogen-bond acceptors (Lipinski definition) is 9. The largest absolute Gasteiger partial charge is 0.493 e. The van der Waals surface area contributed by atoms with E-state index in [0.717, 1.165) is 5.56 Å². The molecule has 9 nitrogen and oxygen atoms in total. The van der Waals surface area contributed by atoms with E-state index >= 15 is 0 Å². The van der Waals surface area contributed by atoms with Gasteiger partial charge in [0.25, 0.3) is 5.56 Å². The quantitative estimate of drug-likeness (QED) is 0.428. The van der Waals surface area contributed by atoms with E-state index in [1.165, 1.54) is 11.3 Å². The van der Waals surface area contributed by atoms with Gasteiger partial charge in [0.1, 0.15) is 13.2 Å². The molecule has 2 aromatic carbocycles. The Bertz CT molecular complexity index is 1600. The molecule has 0 amide bonds. The summed E-state index contributed by atoms with van der Waals surface area (Å²) in [6, 6.07) is 10.2. The fraction of sp³-hybridized carbons (Fsp3) is 0.321. The summed E-state index contributed by atoms with van der Waals surface area (Å²) < 4.78 is 29.9. The monoisotopic (exact) mass is 536 g/mol. The van der Waals surface area contributed by atoms with E-state index in [2.05, 4.69) is 4.99 Å². The van der Waals surface area contributed by atoms with Gasteiger partial charge in [-0.05, 0) is 62.2 Å². The average Bonchev–Trinajstić information content (AvgIpc) is 3.22. The van der Waals surface area contributed by atoms with Crippen molar-refractivity contribution in [1.82, 2.24) is 4.57 Å². The van der Waals surface area contributed by atoms with Gasteiger partial charge in [0.15, 0.2) is 27.8 Å². The second kappa shape index (κ2) is 10.7. The Morgan fingerprint density at radius 2 is 1.89 bits per heavy atom. The minimum atomic E-state index is -0.752. The van der Waals surface area contributed by atoms with E-state index in [1.807, 2.05) is 31.2 Å². The van der Waals surface area contributed by atoms with E-state index in [1.54, 1.807) is 43.7 Å². The summed E-state index contributed by atoms with van der Waals surface area (Å²) in [4.78, 5) is 32.1. The lowest BCUT2D eigenvalue weighted by atomic mass is 9.95. The molecule has 3 aromatic rings. The summed E-state index contributed by atoms with van der Waals surface area (Å²) >= 11 is 1.26. The molecule has 5 rings (SSSR count). The van der Waals surface area contributed by atoms with Gasteiger partial charge in [-0.15, -0.1) is 0 Å². The van der Waals surface area contributed by atoms with Crippen LogP contribution in [0, 0.1) is 0 Å². The molecule has 2 aliphatic heterocycles. The van der Waals surface area contributed by atoms with Crippen molar-refractivity contribution in [2.45, 2.75) is 26.8 Å². The number of benzene rings is 2. The topological polar surface area (TPSA) is 97.6 Å². The number of carbonyl (C=O) groups excluding carboxylic acids is 1. The molecule has 0 saturated carbocycles. The Kier molecular flexibility index (Phi) is 7.24. The van der Waals surface area contributed by atoms with Gasteiger partial charge in [-0.3, -0.25) is 9.36 Å². The maximum absolute atomic E-state index is 13.9. The third kappa shape index (κ3) is 4.67. The number of rotatable bonds is 7. The Balaban J connectivity index is 1.69. The summed E-state index contributed by atoms with van der Waals surface area (Å²) in [5.74, 6) is 1.87. The van der Waals surface area contributed by atoms with Crippen LogP contribution in [0.5, 0.6) is 23.0 Å². The van der Waals surface area contributed by atoms with Gasteiger partial charge < -0.3 is 23.7 Å². The predicted octanol–water partition coefficient (Wildman–Crippen LogP) is 2.98. The van der Waals surface area contributed by atoms with Crippen LogP contribution in [0.1, 0.15) is 37.9 Å². The molecule has 0 saturated heterocycles. The molecule has 10 heteroatoms. The van der Waals surface area contributed by atoms with Crippen molar-refractivity contribution in [3.8, 4) is 23.0 Å². The summed E-state index contributed by atoms with van der Waals surface area (Å²) in [7, 11) is 1.56. The van der Waals surface area contributed by atoms with E-state index in [9.17, 15) is 9.59 Å². The highest BCUT2D eigenvalue weighted by molar-refractivity contribution is 7.07. The van der Waals surface area contributed by atoms with Crippen molar-refractivity contribution in [3.63, 3.8) is 0 Å². The number of carbonyl (C=O) groups is 1. The molecule has 1 aromatic heterocycles. The van der Waals surface area contributed by atoms with Gasteiger partial charge in [-0.25, -0.2) is 9.79 Å². The maximum Gasteiger partial charge on any atom is 0.338 e. The first-order valence-corrected chi connectivity index (χ1v) is 13.2. The molecule has 0 spiro atoms. The fourth-order valence-electron chi connectivity index (χ4n) is 4.54. The number of thiazole rings is 1. The number of ether oxygens (including phenoxy) is 5. The molecule has 0 aliphatic carbocycles. The summed E-state index contributed by atoms with van der Waals surface area (Å²) in [5, 5.41) is 0. The van der Waals surface area contributed by atoms with Crippen LogP contribution in [0.4, 0.5) is 0 Å². The molecular formula is C28H28N2O7S. The zero-order chi connectivity index (χ0) is 26.8. The molecular weight excluding hydrogens is 508 g/mol. The van der Waals surface area contributed by atoms with Crippen LogP contribution in [-0.4, -0.2) is 44.1 Å². The Labute approximate surface area is 223 Å². The zero-order valence-electron chi connectivity index (χ0n) is 21.6. The third-order valence-electron chi connectivity index (χ3n) is 6.18. The average molecular weight is 537 g/mol. The highest BCUT2D eigenvalue weighted by atomic mass is 32.1. The standard InChI is InChI=1S/C28H28N2O7S/c1-5-34-22-15-18(8-10-19(22)33-4)25-24(27(32)35-6-2)16(3)29-28-30(25)26(31)23(38-28)14-17-7-9-20-21(13-17)37-12-11-36-20/h7-10,13-15,25H,5-6,11-12H2,1-4H3/b23-14-/t25-/m0/s1. The van der Waals surface area contributed by atoms with Crippen LogP contribution in [0.2, 0.25) is 0 Å². The number of aromatic nitrogens is 1. The molecule has 0 unspecified atom stereocenters. The van der Waals surface area contributed by atoms with E-state index in [4.69, 9.17) is 23.7 Å². The van der Waals surface area contributed by atoms with Crippen LogP contribution in [0.25, 0.3) is 6.08 Å². The predicted molar refractivity (Wildman–Crippen MR) is 142 cm³/mol. The van der Waals surface area contributed by atoms with Gasteiger partial charge >= 0.3 is 5.97 Å². The van der Waals surface area contributed by atoms with Crippen LogP contribution in [0.3, 0.4) is 0 Å². The SMILES string of the molecule is CCOC(=O)C1=C(C)N=c2s/c(=C\c3ccc4c(c3)OCCO4)c(=O)n2[C@H]1c1ccc(OC)c(OCC)c1. The smallest absolute Gasteiger partial charge is 0.338 e. The Morgan fingerprint density at radius 3 is 2.63 bits per heavy atom. The zero-order valence-corrected chi connectivity index (χ0v) is 22.4. The minimum Gasteiger partial charge on any atom is -0.493 e. The molecule has 0 fully saturated rings. The lowest BCUT2D eigenvalue weighted by Crippen LogP contribution is -2.40. The second-order valence-electron chi connectivity index (χ2n) is 8.55. The van der Waals surface area contributed by atoms with Crippen molar-refractivity contribution in [2.24, 2.45) is 4.99 Å². The van der Waals surface area contributed by atoms with Crippen molar-refractivity contribution >= 4 is 23.4 Å². The first kappa shape index (κ1) is 25.6. The molecule has 0 N–H and O–H groups in total. The van der Waals surface area contributed by atoms with Gasteiger partial charge in [0.2, 0.25) is 0 Å². The van der Waals surface area contributed by atoms with Crippen LogP contribution >= 0.6 is 11.3 Å². The van der Waals surface area contributed by atoms with Gasteiger partial charge in [0, 0.05) is 0 Å². The first-order valence-electron chi connectivity index (χ1n) is 12.3. The second-order valence-corrected chi connectivity index (χ2v) is 9.56. The number of allylic oxidation sites excluding steroid dienone is 1. The third-order valence-corrected chi connectivity index (χ3v) is 7.17. The van der Waals surface area contributed by atoms with Crippen molar-refractivity contribution in [3.05, 3.63) is 78.5 Å². The molecule has 0 radical (unpaired) electrons. The lowest BCUT2D eigenvalue weighted by molar-refractivity contribution is -0.139. The number of methoxy groups -OCH3 is 1. The number of nitrogens with zero attached hydrogens (tertiary/aromatic N) is 2. The Morgan fingerprint density at radius 1 is 1.11 bits per heavy atom. The molecule has 0 bridgehead atoms. The van der Waals surface area contributed by atoms with Crippen molar-refractivity contribution < 1.29 is 28.5 Å². The number of esters is 1. The van der Waals surface area contributed by atoms with Crippen LogP contribution < -0.4 is 33.8 Å². The lowest BCUT2D eigenvalue weighted by Gasteiger charge is -2.25. The van der Waals surface area contributed by atoms with E-state index in [0.29, 0.717) is 69.0 Å².